The minimum atomic E-state index is -0.274. The van der Waals surface area contributed by atoms with E-state index in [2.05, 4.69) is 17.4 Å². The molecule has 0 saturated heterocycles. The number of rotatable bonds is 5. The van der Waals surface area contributed by atoms with Crippen LogP contribution in [0.4, 0.5) is 0 Å². The van der Waals surface area contributed by atoms with Crippen molar-refractivity contribution in [3.63, 3.8) is 0 Å². The van der Waals surface area contributed by atoms with Gasteiger partial charge in [-0.2, -0.15) is 0 Å². The third-order valence-corrected chi connectivity index (χ3v) is 4.24. The maximum absolute atomic E-state index is 12.9. The molecule has 0 unspecified atom stereocenters. The van der Waals surface area contributed by atoms with E-state index in [4.69, 9.17) is 0 Å². The van der Waals surface area contributed by atoms with E-state index >= 15 is 0 Å². The van der Waals surface area contributed by atoms with E-state index in [0.29, 0.717) is 0 Å². The van der Waals surface area contributed by atoms with E-state index in [1.807, 2.05) is 37.2 Å². The van der Waals surface area contributed by atoms with Crippen molar-refractivity contribution in [2.24, 2.45) is 0 Å². The zero-order valence-electron chi connectivity index (χ0n) is 12.0. The lowest BCUT2D eigenvalue weighted by molar-refractivity contribution is -0.136. The third kappa shape index (κ3) is 2.81. The van der Waals surface area contributed by atoms with E-state index < -0.39 is 0 Å². The number of benzene rings is 1. The van der Waals surface area contributed by atoms with Crippen LogP contribution in [0.5, 0.6) is 0 Å². The molecular formula is C16H24N2O. The van der Waals surface area contributed by atoms with Gasteiger partial charge in [0.1, 0.15) is 0 Å². The summed E-state index contributed by atoms with van der Waals surface area (Å²) < 4.78 is 0. The monoisotopic (exact) mass is 260 g/mol. The van der Waals surface area contributed by atoms with Gasteiger partial charge in [0.15, 0.2) is 0 Å². The third-order valence-electron chi connectivity index (χ3n) is 4.24. The van der Waals surface area contributed by atoms with Gasteiger partial charge in [0.05, 0.1) is 5.41 Å². The molecule has 0 radical (unpaired) electrons. The largest absolute Gasteiger partial charge is 0.344 e. The Morgan fingerprint density at radius 3 is 2.47 bits per heavy atom. The first-order valence-corrected chi connectivity index (χ1v) is 7.16. The summed E-state index contributed by atoms with van der Waals surface area (Å²) in [5.41, 5.74) is 0.915. The average molecular weight is 260 g/mol. The van der Waals surface area contributed by atoms with Gasteiger partial charge < -0.3 is 10.2 Å². The molecule has 19 heavy (non-hydrogen) atoms. The highest BCUT2D eigenvalue weighted by molar-refractivity contribution is 5.88. The molecule has 2 rings (SSSR count). The van der Waals surface area contributed by atoms with E-state index in [0.717, 1.165) is 38.8 Å². The lowest BCUT2D eigenvalue weighted by Gasteiger charge is -2.33. The summed E-state index contributed by atoms with van der Waals surface area (Å²) in [6.07, 6.45) is 4.28. The second-order valence-electron chi connectivity index (χ2n) is 5.49. The minimum absolute atomic E-state index is 0.274. The van der Waals surface area contributed by atoms with Crippen LogP contribution >= 0.6 is 0 Å². The zero-order valence-corrected chi connectivity index (χ0v) is 12.0. The lowest BCUT2D eigenvalue weighted by atomic mass is 9.77. The fourth-order valence-electron chi connectivity index (χ4n) is 3.11. The Hall–Kier alpha value is -1.35. The number of hydrogen-bond donors (Lipinski definition) is 1. The number of nitrogens with one attached hydrogen (secondary N) is 1. The van der Waals surface area contributed by atoms with Crippen LogP contribution in [0, 0.1) is 0 Å². The van der Waals surface area contributed by atoms with E-state index in [-0.39, 0.29) is 11.3 Å². The molecule has 0 bridgehead atoms. The van der Waals surface area contributed by atoms with Crippen molar-refractivity contribution < 1.29 is 4.79 Å². The van der Waals surface area contributed by atoms with Crippen LogP contribution < -0.4 is 5.32 Å². The normalized spacial score (nSPS) is 17.4. The topological polar surface area (TPSA) is 32.3 Å². The van der Waals surface area contributed by atoms with Crippen LogP contribution in [0.25, 0.3) is 0 Å². The van der Waals surface area contributed by atoms with Crippen molar-refractivity contribution in [1.29, 1.82) is 0 Å². The predicted octanol–water partition coefficient (Wildman–Crippen LogP) is 2.18. The average Bonchev–Trinajstić information content (AvgIpc) is 2.95. The second kappa shape index (κ2) is 6.20. The molecule has 1 aliphatic carbocycles. The van der Waals surface area contributed by atoms with Crippen LogP contribution in [-0.4, -0.2) is 38.0 Å². The van der Waals surface area contributed by atoms with Gasteiger partial charge in [-0.3, -0.25) is 4.79 Å². The van der Waals surface area contributed by atoms with Gasteiger partial charge in [-0.25, -0.2) is 0 Å². The highest BCUT2D eigenvalue weighted by atomic mass is 16.2. The summed E-state index contributed by atoms with van der Waals surface area (Å²) in [5, 5.41) is 3.10. The second-order valence-corrected chi connectivity index (χ2v) is 5.49. The van der Waals surface area contributed by atoms with E-state index in [9.17, 15) is 4.79 Å². The van der Waals surface area contributed by atoms with Crippen molar-refractivity contribution in [3.05, 3.63) is 35.9 Å². The molecule has 1 fully saturated rings. The Bertz CT molecular complexity index is 410. The first kappa shape index (κ1) is 14.1. The van der Waals surface area contributed by atoms with Crippen molar-refractivity contribution >= 4 is 5.91 Å². The van der Waals surface area contributed by atoms with Gasteiger partial charge in [-0.15, -0.1) is 0 Å². The van der Waals surface area contributed by atoms with Gasteiger partial charge in [0, 0.05) is 20.1 Å². The Morgan fingerprint density at radius 1 is 1.26 bits per heavy atom. The molecule has 1 aliphatic rings. The van der Waals surface area contributed by atoms with Gasteiger partial charge in [-0.05, 0) is 25.5 Å². The maximum atomic E-state index is 12.9. The number of carbonyl (C=O) groups is 1. The van der Waals surface area contributed by atoms with Gasteiger partial charge in [0.25, 0.3) is 0 Å². The fourth-order valence-corrected chi connectivity index (χ4v) is 3.11. The summed E-state index contributed by atoms with van der Waals surface area (Å²) in [5.74, 6) is 0.284. The number of carbonyl (C=O) groups excluding carboxylic acids is 1. The molecule has 104 valence electrons. The summed E-state index contributed by atoms with van der Waals surface area (Å²) in [4.78, 5) is 14.8. The molecule has 0 atom stereocenters. The fraction of sp³-hybridized carbons (Fsp3) is 0.562. The minimum Gasteiger partial charge on any atom is -0.344 e. The lowest BCUT2D eigenvalue weighted by Crippen LogP contribution is -2.45. The van der Waals surface area contributed by atoms with Gasteiger partial charge in [0.2, 0.25) is 5.91 Å². The summed E-state index contributed by atoms with van der Waals surface area (Å²) in [6, 6.07) is 10.3. The molecule has 1 N–H and O–H groups in total. The quantitative estimate of drug-likeness (QED) is 0.880. The Balaban J connectivity index is 2.22. The summed E-state index contributed by atoms with van der Waals surface area (Å²) in [6.45, 7) is 1.61. The molecule has 1 saturated carbocycles. The summed E-state index contributed by atoms with van der Waals surface area (Å²) in [7, 11) is 3.84. The van der Waals surface area contributed by atoms with E-state index in [1.54, 1.807) is 0 Å². The zero-order chi connectivity index (χ0) is 13.7. The Kier molecular flexibility index (Phi) is 4.59. The molecule has 1 aromatic rings. The SMILES string of the molecule is CNCCN(C)C(=O)C1(c2ccccc2)CCCC1. The van der Waals surface area contributed by atoms with Crippen molar-refractivity contribution in [2.45, 2.75) is 31.1 Å². The van der Waals surface area contributed by atoms with E-state index in [1.165, 1.54) is 5.56 Å². The number of hydrogen-bond acceptors (Lipinski definition) is 2. The van der Waals surface area contributed by atoms with Crippen molar-refractivity contribution in [1.82, 2.24) is 10.2 Å². The van der Waals surface area contributed by atoms with Crippen molar-refractivity contribution in [2.75, 3.05) is 27.2 Å². The first-order valence-electron chi connectivity index (χ1n) is 7.16. The predicted molar refractivity (Wildman–Crippen MR) is 78.2 cm³/mol. The van der Waals surface area contributed by atoms with Crippen LogP contribution in [0.2, 0.25) is 0 Å². The maximum Gasteiger partial charge on any atom is 0.233 e. The standard InChI is InChI=1S/C16H24N2O/c1-17-12-13-18(2)15(19)16(10-6-7-11-16)14-8-4-3-5-9-14/h3-5,8-9,17H,6-7,10-13H2,1-2H3. The number of nitrogens with zero attached hydrogens (tertiary/aromatic N) is 1. The van der Waals surface area contributed by atoms with Crippen LogP contribution in [0.15, 0.2) is 30.3 Å². The molecule has 0 aliphatic heterocycles. The molecule has 0 aromatic heterocycles. The highest BCUT2D eigenvalue weighted by Gasteiger charge is 2.43. The molecule has 3 nitrogen and oxygen atoms in total. The highest BCUT2D eigenvalue weighted by Crippen LogP contribution is 2.42. The molecule has 1 aromatic carbocycles. The van der Waals surface area contributed by atoms with Crippen molar-refractivity contribution in [3.8, 4) is 0 Å². The number of amides is 1. The van der Waals surface area contributed by atoms with Gasteiger partial charge in [-0.1, -0.05) is 43.2 Å². The smallest absolute Gasteiger partial charge is 0.233 e. The van der Waals surface area contributed by atoms with Gasteiger partial charge >= 0.3 is 0 Å². The summed E-state index contributed by atoms with van der Waals surface area (Å²) >= 11 is 0. The number of likely N-dealkylation sites (N-methyl/N-ethyl adjacent to an activating group) is 2. The molecule has 0 spiro atoms. The Labute approximate surface area is 116 Å². The van der Waals surface area contributed by atoms with Crippen LogP contribution in [0.1, 0.15) is 31.2 Å². The molecule has 3 heteroatoms. The molecule has 0 heterocycles. The Morgan fingerprint density at radius 2 is 1.89 bits per heavy atom. The first-order chi connectivity index (χ1) is 9.20. The molecular weight excluding hydrogens is 236 g/mol. The van der Waals surface area contributed by atoms with Crippen LogP contribution in [0.3, 0.4) is 0 Å². The van der Waals surface area contributed by atoms with Crippen LogP contribution in [-0.2, 0) is 10.2 Å². The molecule has 1 amide bonds.